The molecule has 3 amide bonds. The highest BCUT2D eigenvalue weighted by atomic mass is 32.1. The van der Waals surface area contributed by atoms with Gasteiger partial charge in [-0.05, 0) is 25.0 Å². The lowest BCUT2D eigenvalue weighted by atomic mass is 10.1. The van der Waals surface area contributed by atoms with Crippen molar-refractivity contribution in [3.63, 3.8) is 0 Å². The third kappa shape index (κ3) is 3.98. The minimum atomic E-state index is -0.175. The van der Waals surface area contributed by atoms with Gasteiger partial charge in [-0.1, -0.05) is 12.1 Å². The van der Waals surface area contributed by atoms with E-state index in [-0.39, 0.29) is 18.0 Å². The largest absolute Gasteiger partial charge is 0.343 e. The van der Waals surface area contributed by atoms with E-state index in [0.29, 0.717) is 19.6 Å². The number of nitrogens with zero attached hydrogens (tertiary/aromatic N) is 2. The number of piperidine rings is 1. The van der Waals surface area contributed by atoms with Gasteiger partial charge >= 0.3 is 6.03 Å². The van der Waals surface area contributed by atoms with E-state index in [0.717, 1.165) is 28.1 Å². The Morgan fingerprint density at radius 2 is 2.04 bits per heavy atom. The fraction of sp³-hybridized carbons (Fsp3) is 0.438. The molecule has 0 bridgehead atoms. The van der Waals surface area contributed by atoms with Crippen LogP contribution in [-0.2, 0) is 11.3 Å². The molecule has 1 aromatic carbocycles. The van der Waals surface area contributed by atoms with Gasteiger partial charge in [0.25, 0.3) is 0 Å². The van der Waals surface area contributed by atoms with E-state index in [1.807, 2.05) is 29.2 Å². The van der Waals surface area contributed by atoms with E-state index in [1.54, 1.807) is 18.3 Å². The van der Waals surface area contributed by atoms with Crippen LogP contribution in [0, 0.1) is 0 Å². The van der Waals surface area contributed by atoms with Crippen LogP contribution in [0.2, 0.25) is 0 Å². The van der Waals surface area contributed by atoms with Crippen molar-refractivity contribution in [2.45, 2.75) is 32.4 Å². The maximum absolute atomic E-state index is 12.0. The number of carbonyl (C=O) groups is 2. The third-order valence-corrected chi connectivity index (χ3v) is 5.05. The van der Waals surface area contributed by atoms with Crippen molar-refractivity contribution >= 4 is 33.5 Å². The van der Waals surface area contributed by atoms with Gasteiger partial charge in [-0.15, -0.1) is 11.3 Å². The van der Waals surface area contributed by atoms with Gasteiger partial charge in [0.05, 0.1) is 16.8 Å². The first-order chi connectivity index (χ1) is 11.1. The Kier molecular flexibility index (Phi) is 4.76. The number of para-hydroxylation sites is 1. The van der Waals surface area contributed by atoms with Crippen molar-refractivity contribution < 1.29 is 9.59 Å². The second kappa shape index (κ2) is 6.95. The lowest BCUT2D eigenvalue weighted by Crippen LogP contribution is -2.48. The van der Waals surface area contributed by atoms with E-state index < -0.39 is 0 Å². The monoisotopic (exact) mass is 332 g/mol. The number of amides is 3. The van der Waals surface area contributed by atoms with Crippen LogP contribution in [0.5, 0.6) is 0 Å². The first-order valence-corrected chi connectivity index (χ1v) is 8.58. The molecule has 0 atom stereocenters. The summed E-state index contributed by atoms with van der Waals surface area (Å²) in [7, 11) is 0. The average molecular weight is 332 g/mol. The third-order valence-electron chi connectivity index (χ3n) is 4.01. The Hall–Kier alpha value is -2.15. The van der Waals surface area contributed by atoms with Gasteiger partial charge in [-0.3, -0.25) is 4.79 Å². The van der Waals surface area contributed by atoms with Crippen LogP contribution in [0.4, 0.5) is 4.79 Å². The topological polar surface area (TPSA) is 74.3 Å². The normalized spacial score (nSPS) is 15.6. The summed E-state index contributed by atoms with van der Waals surface area (Å²) in [5, 5.41) is 6.73. The predicted octanol–water partition coefficient (Wildman–Crippen LogP) is 2.11. The van der Waals surface area contributed by atoms with Crippen molar-refractivity contribution in [2.75, 3.05) is 13.1 Å². The molecule has 1 aliphatic heterocycles. The number of nitrogens with one attached hydrogen (secondary N) is 2. The number of fused-ring (bicyclic) bond motifs is 1. The van der Waals surface area contributed by atoms with Crippen LogP contribution in [0.1, 0.15) is 24.8 Å². The molecule has 2 aromatic rings. The summed E-state index contributed by atoms with van der Waals surface area (Å²) in [5.41, 5.74) is 0.964. The molecule has 7 heteroatoms. The van der Waals surface area contributed by atoms with E-state index in [1.165, 1.54) is 0 Å². The summed E-state index contributed by atoms with van der Waals surface area (Å²) in [4.78, 5) is 29.6. The zero-order valence-corrected chi connectivity index (χ0v) is 13.9. The zero-order chi connectivity index (χ0) is 16.2. The number of urea groups is 1. The number of thiazole rings is 1. The van der Waals surface area contributed by atoms with E-state index in [4.69, 9.17) is 0 Å². The molecule has 2 N–H and O–H groups in total. The fourth-order valence-electron chi connectivity index (χ4n) is 2.73. The highest BCUT2D eigenvalue weighted by Gasteiger charge is 2.21. The van der Waals surface area contributed by atoms with Crippen LogP contribution in [0.25, 0.3) is 10.2 Å². The highest BCUT2D eigenvalue weighted by Crippen LogP contribution is 2.21. The van der Waals surface area contributed by atoms with E-state index in [9.17, 15) is 9.59 Å². The molecule has 1 saturated heterocycles. The summed E-state index contributed by atoms with van der Waals surface area (Å²) in [6.07, 6.45) is 1.60. The molecule has 0 spiro atoms. The lowest BCUT2D eigenvalue weighted by molar-refractivity contribution is -0.129. The molecule has 3 rings (SSSR count). The maximum Gasteiger partial charge on any atom is 0.315 e. The van der Waals surface area contributed by atoms with Crippen LogP contribution in [0.3, 0.4) is 0 Å². The number of carbonyl (C=O) groups excluding carboxylic acids is 2. The Balaban J connectivity index is 1.45. The summed E-state index contributed by atoms with van der Waals surface area (Å²) in [6, 6.07) is 7.89. The first kappa shape index (κ1) is 15.7. The Labute approximate surface area is 138 Å². The minimum Gasteiger partial charge on any atom is -0.343 e. The molecule has 0 radical (unpaired) electrons. The summed E-state index contributed by atoms with van der Waals surface area (Å²) in [5.74, 6) is 0.101. The van der Waals surface area contributed by atoms with Crippen molar-refractivity contribution in [3.8, 4) is 0 Å². The quantitative estimate of drug-likeness (QED) is 0.904. The van der Waals surface area contributed by atoms with E-state index >= 15 is 0 Å². The van der Waals surface area contributed by atoms with Gasteiger partial charge in [0.15, 0.2) is 0 Å². The summed E-state index contributed by atoms with van der Waals surface area (Å²) in [6.45, 7) is 3.42. The molecular weight excluding hydrogens is 312 g/mol. The Bertz CT molecular complexity index is 674. The van der Waals surface area contributed by atoms with Gasteiger partial charge in [-0.25, -0.2) is 9.78 Å². The van der Waals surface area contributed by atoms with Crippen molar-refractivity contribution in [2.24, 2.45) is 0 Å². The van der Waals surface area contributed by atoms with Crippen LogP contribution in [0.15, 0.2) is 24.3 Å². The second-order valence-corrected chi connectivity index (χ2v) is 6.80. The average Bonchev–Trinajstić information content (AvgIpc) is 2.96. The number of rotatable bonds is 3. The molecular formula is C16H20N4O2S. The van der Waals surface area contributed by atoms with Crippen molar-refractivity contribution in [3.05, 3.63) is 29.3 Å². The number of hydrogen-bond acceptors (Lipinski definition) is 4. The van der Waals surface area contributed by atoms with Gasteiger partial charge in [0.1, 0.15) is 5.01 Å². The number of aromatic nitrogens is 1. The van der Waals surface area contributed by atoms with Gasteiger partial charge < -0.3 is 15.5 Å². The van der Waals surface area contributed by atoms with Gasteiger partial charge in [0, 0.05) is 26.1 Å². The standard InChI is InChI=1S/C16H20N4O2S/c1-11(21)20-8-6-12(7-9-20)18-16(22)17-10-15-19-13-4-2-3-5-14(13)23-15/h2-5,12H,6-10H2,1H3,(H2,17,18,22). The predicted molar refractivity (Wildman–Crippen MR) is 90.3 cm³/mol. The molecule has 122 valence electrons. The zero-order valence-electron chi connectivity index (χ0n) is 13.0. The molecule has 0 aliphatic carbocycles. The van der Waals surface area contributed by atoms with Gasteiger partial charge in [0.2, 0.25) is 5.91 Å². The van der Waals surface area contributed by atoms with Crippen LogP contribution < -0.4 is 10.6 Å². The summed E-state index contributed by atoms with van der Waals surface area (Å²) >= 11 is 1.59. The second-order valence-electron chi connectivity index (χ2n) is 5.68. The molecule has 0 saturated carbocycles. The van der Waals surface area contributed by atoms with Crippen LogP contribution in [-0.4, -0.2) is 41.0 Å². The SMILES string of the molecule is CC(=O)N1CCC(NC(=O)NCc2nc3ccccc3s2)CC1. The van der Waals surface area contributed by atoms with Crippen LogP contribution >= 0.6 is 11.3 Å². The summed E-state index contributed by atoms with van der Waals surface area (Å²) < 4.78 is 1.13. The Morgan fingerprint density at radius 3 is 2.74 bits per heavy atom. The molecule has 1 aromatic heterocycles. The first-order valence-electron chi connectivity index (χ1n) is 7.76. The smallest absolute Gasteiger partial charge is 0.315 e. The van der Waals surface area contributed by atoms with Crippen molar-refractivity contribution in [1.29, 1.82) is 0 Å². The highest BCUT2D eigenvalue weighted by molar-refractivity contribution is 7.18. The minimum absolute atomic E-state index is 0.101. The molecule has 0 unspecified atom stereocenters. The number of benzene rings is 1. The number of hydrogen-bond donors (Lipinski definition) is 2. The van der Waals surface area contributed by atoms with Gasteiger partial charge in [-0.2, -0.15) is 0 Å². The fourth-order valence-corrected chi connectivity index (χ4v) is 3.63. The Morgan fingerprint density at radius 1 is 1.30 bits per heavy atom. The van der Waals surface area contributed by atoms with Crippen molar-refractivity contribution in [1.82, 2.24) is 20.5 Å². The molecule has 2 heterocycles. The molecule has 1 aliphatic rings. The maximum atomic E-state index is 12.0. The van der Waals surface area contributed by atoms with E-state index in [2.05, 4.69) is 15.6 Å². The molecule has 23 heavy (non-hydrogen) atoms. The molecule has 6 nitrogen and oxygen atoms in total. The number of likely N-dealkylation sites (tertiary alicyclic amines) is 1. The molecule has 1 fully saturated rings. The lowest BCUT2D eigenvalue weighted by Gasteiger charge is -2.31.